The summed E-state index contributed by atoms with van der Waals surface area (Å²) >= 11 is 1.52. The molecule has 0 radical (unpaired) electrons. The SMILES string of the molecule is C/C=C(/N(C)/C=C(\C)C1=NC(CO)CO1)N(C)c1nc(-c2ccc(F)cc2)cs1. The van der Waals surface area contributed by atoms with Gasteiger partial charge in [0.15, 0.2) is 5.13 Å². The zero-order valence-electron chi connectivity index (χ0n) is 17.0. The highest BCUT2D eigenvalue weighted by Crippen LogP contribution is 2.29. The van der Waals surface area contributed by atoms with E-state index in [4.69, 9.17) is 9.72 Å². The van der Waals surface area contributed by atoms with Gasteiger partial charge in [0, 0.05) is 36.8 Å². The number of aliphatic imine (C=N–C) groups is 1. The molecule has 8 heteroatoms. The first-order chi connectivity index (χ1) is 13.9. The molecular formula is C21H25FN4O2S. The Morgan fingerprint density at radius 3 is 2.69 bits per heavy atom. The molecule has 0 spiro atoms. The fourth-order valence-corrected chi connectivity index (χ4v) is 3.85. The molecule has 0 aliphatic carbocycles. The first-order valence-corrected chi connectivity index (χ1v) is 10.2. The van der Waals surface area contributed by atoms with Crippen molar-refractivity contribution in [3.05, 3.63) is 59.1 Å². The van der Waals surface area contributed by atoms with E-state index in [1.807, 2.05) is 55.4 Å². The van der Waals surface area contributed by atoms with Gasteiger partial charge >= 0.3 is 0 Å². The molecule has 2 aromatic rings. The first kappa shape index (κ1) is 21.0. The summed E-state index contributed by atoms with van der Waals surface area (Å²) in [6, 6.07) is 6.14. The van der Waals surface area contributed by atoms with Gasteiger partial charge < -0.3 is 19.6 Å². The van der Waals surface area contributed by atoms with E-state index in [0.29, 0.717) is 12.5 Å². The third-order valence-corrected chi connectivity index (χ3v) is 5.45. The van der Waals surface area contributed by atoms with Gasteiger partial charge in [-0.1, -0.05) is 0 Å². The topological polar surface area (TPSA) is 61.2 Å². The fraction of sp³-hybridized carbons (Fsp3) is 0.333. The second-order valence-electron chi connectivity index (χ2n) is 6.73. The van der Waals surface area contributed by atoms with Gasteiger partial charge in [-0.2, -0.15) is 0 Å². The third kappa shape index (κ3) is 4.83. The minimum atomic E-state index is -0.262. The maximum atomic E-state index is 13.2. The monoisotopic (exact) mass is 416 g/mol. The average Bonchev–Trinajstić information content (AvgIpc) is 3.39. The molecule has 1 N–H and O–H groups in total. The number of anilines is 1. The van der Waals surface area contributed by atoms with E-state index < -0.39 is 0 Å². The number of hydrogen-bond acceptors (Lipinski definition) is 7. The van der Waals surface area contributed by atoms with Crippen molar-refractivity contribution in [1.82, 2.24) is 9.88 Å². The molecule has 1 unspecified atom stereocenters. The van der Waals surface area contributed by atoms with Gasteiger partial charge in [-0.05, 0) is 44.2 Å². The van der Waals surface area contributed by atoms with Crippen LogP contribution in [0.4, 0.5) is 9.52 Å². The lowest BCUT2D eigenvalue weighted by Crippen LogP contribution is -2.27. The standard InChI is InChI=1S/C21H25FN4O2S/c1-5-19(25(3)10-14(2)20-23-17(11-27)12-28-20)26(4)21-24-18(13-29-21)15-6-8-16(22)9-7-15/h5-10,13,17,27H,11-12H2,1-4H3/b14-10+,19-5-. The number of aromatic nitrogens is 1. The van der Waals surface area contributed by atoms with E-state index in [-0.39, 0.29) is 18.5 Å². The summed E-state index contributed by atoms with van der Waals surface area (Å²) in [5.41, 5.74) is 2.57. The Morgan fingerprint density at radius 1 is 1.34 bits per heavy atom. The van der Waals surface area contributed by atoms with E-state index >= 15 is 0 Å². The number of hydrogen-bond donors (Lipinski definition) is 1. The number of allylic oxidation sites excluding steroid dienone is 1. The van der Waals surface area contributed by atoms with Crippen LogP contribution < -0.4 is 4.90 Å². The van der Waals surface area contributed by atoms with Crippen LogP contribution in [0, 0.1) is 5.82 Å². The maximum absolute atomic E-state index is 13.2. The van der Waals surface area contributed by atoms with E-state index in [0.717, 1.165) is 27.8 Å². The maximum Gasteiger partial charge on any atom is 0.213 e. The average molecular weight is 417 g/mol. The Hall–Kier alpha value is -2.71. The molecule has 1 aromatic carbocycles. The van der Waals surface area contributed by atoms with Crippen molar-refractivity contribution in [1.29, 1.82) is 0 Å². The van der Waals surface area contributed by atoms with Crippen LogP contribution >= 0.6 is 11.3 Å². The molecule has 2 heterocycles. The number of nitrogens with zero attached hydrogens (tertiary/aromatic N) is 4. The number of benzene rings is 1. The van der Waals surface area contributed by atoms with Gasteiger partial charge in [0.25, 0.3) is 0 Å². The van der Waals surface area contributed by atoms with E-state index in [2.05, 4.69) is 4.99 Å². The highest BCUT2D eigenvalue weighted by atomic mass is 32.1. The highest BCUT2D eigenvalue weighted by molar-refractivity contribution is 7.14. The Labute approximate surface area is 174 Å². The van der Waals surface area contributed by atoms with Crippen LogP contribution in [0.3, 0.4) is 0 Å². The van der Waals surface area contributed by atoms with E-state index in [1.165, 1.54) is 23.5 Å². The molecule has 6 nitrogen and oxygen atoms in total. The molecule has 0 bridgehead atoms. The summed E-state index contributed by atoms with van der Waals surface area (Å²) in [5, 5.41) is 12.0. The summed E-state index contributed by atoms with van der Waals surface area (Å²) in [4.78, 5) is 13.0. The summed E-state index contributed by atoms with van der Waals surface area (Å²) < 4.78 is 18.7. The lowest BCUT2D eigenvalue weighted by atomic mass is 10.2. The van der Waals surface area contributed by atoms with Crippen LogP contribution in [0.1, 0.15) is 13.8 Å². The van der Waals surface area contributed by atoms with Gasteiger partial charge in [0.05, 0.1) is 12.3 Å². The quantitative estimate of drug-likeness (QED) is 0.742. The van der Waals surface area contributed by atoms with Crippen molar-refractivity contribution in [2.75, 3.05) is 32.2 Å². The molecule has 0 fully saturated rings. The van der Waals surface area contributed by atoms with Crippen LogP contribution in [0.5, 0.6) is 0 Å². The molecule has 0 saturated heterocycles. The zero-order valence-corrected chi connectivity index (χ0v) is 17.8. The van der Waals surface area contributed by atoms with Gasteiger partial charge in [-0.15, -0.1) is 11.3 Å². The first-order valence-electron chi connectivity index (χ1n) is 9.27. The number of aliphatic hydroxyl groups excluding tert-OH is 1. The van der Waals surface area contributed by atoms with Gasteiger partial charge in [0.1, 0.15) is 24.3 Å². The lowest BCUT2D eigenvalue weighted by molar-refractivity contribution is 0.227. The molecule has 3 rings (SSSR count). The number of aliphatic hydroxyl groups is 1. The minimum Gasteiger partial charge on any atom is -0.475 e. The van der Waals surface area contributed by atoms with Crippen LogP contribution in [0.15, 0.2) is 58.3 Å². The second-order valence-corrected chi connectivity index (χ2v) is 7.57. The molecular weight excluding hydrogens is 391 g/mol. The minimum absolute atomic E-state index is 0.0180. The number of ether oxygens (including phenoxy) is 1. The summed E-state index contributed by atoms with van der Waals surface area (Å²) in [5.74, 6) is 1.23. The summed E-state index contributed by atoms with van der Waals surface area (Å²) in [6.07, 6.45) is 3.94. The Morgan fingerprint density at radius 2 is 2.07 bits per heavy atom. The van der Waals surface area contributed by atoms with Gasteiger partial charge in [-0.3, -0.25) is 0 Å². The number of halogens is 1. The summed E-state index contributed by atoms with van der Waals surface area (Å²) in [6.45, 7) is 4.28. The molecule has 1 aromatic heterocycles. The van der Waals surface area contributed by atoms with Crippen molar-refractivity contribution in [3.63, 3.8) is 0 Å². The Kier molecular flexibility index (Phi) is 6.66. The van der Waals surface area contributed by atoms with Gasteiger partial charge in [-0.25, -0.2) is 14.4 Å². The van der Waals surface area contributed by atoms with E-state index in [9.17, 15) is 9.50 Å². The highest BCUT2D eigenvalue weighted by Gasteiger charge is 2.20. The second kappa shape index (κ2) is 9.19. The van der Waals surface area contributed by atoms with Crippen LogP contribution in [-0.4, -0.2) is 54.2 Å². The third-order valence-electron chi connectivity index (χ3n) is 4.53. The van der Waals surface area contributed by atoms with Crippen LogP contribution in [0.25, 0.3) is 11.3 Å². The fourth-order valence-electron chi connectivity index (χ4n) is 3.04. The summed E-state index contributed by atoms with van der Waals surface area (Å²) in [7, 11) is 3.90. The van der Waals surface area contributed by atoms with Crippen LogP contribution in [0.2, 0.25) is 0 Å². The molecule has 1 aliphatic heterocycles. The predicted octanol–water partition coefficient (Wildman–Crippen LogP) is 3.87. The van der Waals surface area contributed by atoms with Crippen molar-refractivity contribution < 1.29 is 14.2 Å². The Balaban J connectivity index is 1.76. The van der Waals surface area contributed by atoms with Crippen molar-refractivity contribution in [3.8, 4) is 11.3 Å². The number of rotatable bonds is 7. The predicted molar refractivity (Wildman–Crippen MR) is 115 cm³/mol. The molecule has 1 atom stereocenters. The van der Waals surface area contributed by atoms with Gasteiger partial charge in [0.2, 0.25) is 5.90 Å². The Bertz CT molecular complexity index is 936. The zero-order chi connectivity index (χ0) is 21.0. The number of thiazole rings is 1. The largest absolute Gasteiger partial charge is 0.475 e. The van der Waals surface area contributed by atoms with Crippen molar-refractivity contribution in [2.45, 2.75) is 19.9 Å². The van der Waals surface area contributed by atoms with E-state index in [1.54, 1.807) is 12.1 Å². The molecule has 1 aliphatic rings. The lowest BCUT2D eigenvalue weighted by Gasteiger charge is -2.27. The molecule has 0 saturated carbocycles. The smallest absolute Gasteiger partial charge is 0.213 e. The van der Waals surface area contributed by atoms with Crippen molar-refractivity contribution in [2.24, 2.45) is 4.99 Å². The van der Waals surface area contributed by atoms with Crippen LogP contribution in [-0.2, 0) is 4.74 Å². The molecule has 29 heavy (non-hydrogen) atoms. The van der Waals surface area contributed by atoms with Crippen molar-refractivity contribution >= 4 is 22.4 Å². The molecule has 154 valence electrons. The molecule has 0 amide bonds. The normalized spacial score (nSPS) is 17.2.